The lowest BCUT2D eigenvalue weighted by Gasteiger charge is -2.28. The molecule has 0 heterocycles. The van der Waals surface area contributed by atoms with Crippen LogP contribution >= 0.6 is 0 Å². The fourth-order valence-electron chi connectivity index (χ4n) is 1.93. The van der Waals surface area contributed by atoms with E-state index >= 15 is 0 Å². The Bertz CT molecular complexity index is 382. The molecule has 0 fully saturated rings. The number of carboxylic acid groups (broad SMARTS) is 1. The van der Waals surface area contributed by atoms with Gasteiger partial charge in [-0.3, -0.25) is 4.79 Å². The van der Waals surface area contributed by atoms with Crippen molar-refractivity contribution in [3.8, 4) is 0 Å². The molecule has 0 spiro atoms. The van der Waals surface area contributed by atoms with Gasteiger partial charge in [0.2, 0.25) is 0 Å². The van der Waals surface area contributed by atoms with Crippen LogP contribution in [0.4, 0.5) is 0 Å². The Hall–Kier alpha value is -1.43. The quantitative estimate of drug-likeness (QED) is 0.653. The zero-order valence-corrected chi connectivity index (χ0v) is 11.2. The second kappa shape index (κ2) is 7.89. The molecule has 1 aromatic carbocycles. The minimum absolute atomic E-state index is 0.0417. The van der Waals surface area contributed by atoms with E-state index in [1.807, 2.05) is 18.2 Å². The molecular formula is C14H21NO4. The molecule has 0 saturated heterocycles. The van der Waals surface area contributed by atoms with Crippen LogP contribution in [0.5, 0.6) is 0 Å². The van der Waals surface area contributed by atoms with Gasteiger partial charge in [-0.15, -0.1) is 0 Å². The smallest absolute Gasteiger partial charge is 0.315 e. The van der Waals surface area contributed by atoms with E-state index < -0.39 is 11.4 Å². The van der Waals surface area contributed by atoms with Gasteiger partial charge in [0.15, 0.2) is 0 Å². The maximum atomic E-state index is 11.6. The molecule has 19 heavy (non-hydrogen) atoms. The Balaban J connectivity index is 2.74. The first kappa shape index (κ1) is 15.6. The lowest BCUT2D eigenvalue weighted by atomic mass is 9.78. The van der Waals surface area contributed by atoms with Crippen molar-refractivity contribution in [3.05, 3.63) is 35.9 Å². The Kier molecular flexibility index (Phi) is 6.49. The molecule has 0 aliphatic heterocycles. The van der Waals surface area contributed by atoms with Crippen LogP contribution in [0.1, 0.15) is 12.0 Å². The van der Waals surface area contributed by atoms with E-state index in [0.717, 1.165) is 0 Å². The Morgan fingerprint density at radius 3 is 2.47 bits per heavy atom. The standard InChI is InChI=1S/C14H21NO4/c1-18-9-10-19-8-7-14(11-15,13(16)17)12-5-3-2-4-6-12/h2-6H,7-11,15H2,1H3,(H,16,17). The van der Waals surface area contributed by atoms with Gasteiger partial charge in [-0.2, -0.15) is 0 Å². The highest BCUT2D eigenvalue weighted by Crippen LogP contribution is 2.27. The molecule has 0 aliphatic carbocycles. The molecule has 0 radical (unpaired) electrons. The van der Waals surface area contributed by atoms with Gasteiger partial charge in [0.1, 0.15) is 5.41 Å². The number of methoxy groups -OCH3 is 1. The fourth-order valence-corrected chi connectivity index (χ4v) is 1.93. The van der Waals surface area contributed by atoms with Crippen molar-refractivity contribution < 1.29 is 19.4 Å². The fraction of sp³-hybridized carbons (Fsp3) is 0.500. The van der Waals surface area contributed by atoms with E-state index in [2.05, 4.69) is 0 Å². The summed E-state index contributed by atoms with van der Waals surface area (Å²) in [5.74, 6) is -0.920. The summed E-state index contributed by atoms with van der Waals surface area (Å²) in [4.78, 5) is 11.6. The normalized spacial score (nSPS) is 14.0. The van der Waals surface area contributed by atoms with Crippen LogP contribution < -0.4 is 5.73 Å². The minimum Gasteiger partial charge on any atom is -0.481 e. The SMILES string of the molecule is COCCOCCC(CN)(C(=O)O)c1ccccc1. The summed E-state index contributed by atoms with van der Waals surface area (Å²) < 4.78 is 10.2. The molecule has 1 rings (SSSR count). The first-order chi connectivity index (χ1) is 9.17. The summed E-state index contributed by atoms with van der Waals surface area (Å²) in [6.07, 6.45) is 0.340. The van der Waals surface area contributed by atoms with E-state index in [0.29, 0.717) is 31.8 Å². The number of benzene rings is 1. The molecule has 0 aromatic heterocycles. The molecule has 0 saturated carbocycles. The number of nitrogens with two attached hydrogens (primary N) is 1. The number of rotatable bonds is 9. The highest BCUT2D eigenvalue weighted by molar-refractivity contribution is 5.81. The molecular weight excluding hydrogens is 246 g/mol. The van der Waals surface area contributed by atoms with E-state index in [1.54, 1.807) is 19.2 Å². The summed E-state index contributed by atoms with van der Waals surface area (Å²) in [5, 5.41) is 9.52. The van der Waals surface area contributed by atoms with E-state index in [9.17, 15) is 9.90 Å². The van der Waals surface area contributed by atoms with Crippen molar-refractivity contribution in [2.45, 2.75) is 11.8 Å². The van der Waals surface area contributed by atoms with E-state index in [-0.39, 0.29) is 6.54 Å². The molecule has 1 aromatic rings. The lowest BCUT2D eigenvalue weighted by molar-refractivity contribution is -0.144. The first-order valence-corrected chi connectivity index (χ1v) is 6.23. The zero-order valence-electron chi connectivity index (χ0n) is 11.2. The minimum atomic E-state index is -1.09. The van der Waals surface area contributed by atoms with Crippen molar-refractivity contribution >= 4 is 5.97 Å². The Morgan fingerprint density at radius 1 is 1.26 bits per heavy atom. The third kappa shape index (κ3) is 4.02. The highest BCUT2D eigenvalue weighted by atomic mass is 16.5. The van der Waals surface area contributed by atoms with Crippen molar-refractivity contribution in [2.75, 3.05) is 33.5 Å². The van der Waals surface area contributed by atoms with Gasteiger partial charge >= 0.3 is 5.97 Å². The molecule has 0 aliphatic rings. The third-order valence-electron chi connectivity index (χ3n) is 3.19. The number of carboxylic acids is 1. The van der Waals surface area contributed by atoms with Gasteiger partial charge in [-0.1, -0.05) is 30.3 Å². The zero-order chi connectivity index (χ0) is 14.1. The van der Waals surface area contributed by atoms with Gasteiger partial charge < -0.3 is 20.3 Å². The second-order valence-corrected chi connectivity index (χ2v) is 4.31. The van der Waals surface area contributed by atoms with Crippen molar-refractivity contribution in [1.82, 2.24) is 0 Å². The number of carbonyl (C=O) groups is 1. The Morgan fingerprint density at radius 2 is 1.95 bits per heavy atom. The van der Waals surface area contributed by atoms with Gasteiger partial charge in [0.05, 0.1) is 13.2 Å². The number of ether oxygens (including phenoxy) is 2. The van der Waals surface area contributed by atoms with Gasteiger partial charge in [-0.05, 0) is 12.0 Å². The van der Waals surface area contributed by atoms with Gasteiger partial charge in [0.25, 0.3) is 0 Å². The molecule has 5 nitrogen and oxygen atoms in total. The second-order valence-electron chi connectivity index (χ2n) is 4.31. The van der Waals surface area contributed by atoms with Crippen LogP contribution in [0, 0.1) is 0 Å². The molecule has 0 amide bonds. The van der Waals surface area contributed by atoms with Crippen LogP contribution in [-0.2, 0) is 19.7 Å². The number of hydrogen-bond donors (Lipinski definition) is 2. The van der Waals surface area contributed by atoms with Crippen molar-refractivity contribution in [1.29, 1.82) is 0 Å². The summed E-state index contributed by atoms with van der Waals surface area (Å²) in [7, 11) is 1.59. The van der Waals surface area contributed by atoms with E-state index in [1.165, 1.54) is 0 Å². The molecule has 3 N–H and O–H groups in total. The lowest BCUT2D eigenvalue weighted by Crippen LogP contribution is -2.44. The monoisotopic (exact) mass is 267 g/mol. The maximum absolute atomic E-state index is 11.6. The third-order valence-corrected chi connectivity index (χ3v) is 3.19. The highest BCUT2D eigenvalue weighted by Gasteiger charge is 2.38. The van der Waals surface area contributed by atoms with Crippen molar-refractivity contribution in [3.63, 3.8) is 0 Å². The van der Waals surface area contributed by atoms with Crippen molar-refractivity contribution in [2.24, 2.45) is 5.73 Å². The van der Waals surface area contributed by atoms with Crippen LogP contribution in [0.25, 0.3) is 0 Å². The van der Waals surface area contributed by atoms with Crippen LogP contribution in [-0.4, -0.2) is 44.6 Å². The maximum Gasteiger partial charge on any atom is 0.315 e. The summed E-state index contributed by atoms with van der Waals surface area (Å²) in [5.41, 5.74) is 5.34. The predicted octanol–water partition coefficient (Wildman–Crippen LogP) is 1.02. The molecule has 1 atom stereocenters. The summed E-state index contributed by atoms with van der Waals surface area (Å²) in [6, 6.07) is 9.05. The first-order valence-electron chi connectivity index (χ1n) is 6.23. The molecule has 1 unspecified atom stereocenters. The summed E-state index contributed by atoms with van der Waals surface area (Å²) >= 11 is 0. The summed E-state index contributed by atoms with van der Waals surface area (Å²) in [6.45, 7) is 1.32. The van der Waals surface area contributed by atoms with Crippen LogP contribution in [0.15, 0.2) is 30.3 Å². The molecule has 5 heteroatoms. The molecule has 0 bridgehead atoms. The van der Waals surface area contributed by atoms with Crippen LogP contribution in [0.2, 0.25) is 0 Å². The van der Waals surface area contributed by atoms with Gasteiger partial charge in [-0.25, -0.2) is 0 Å². The van der Waals surface area contributed by atoms with Gasteiger partial charge in [0, 0.05) is 20.3 Å². The number of hydrogen-bond acceptors (Lipinski definition) is 4. The molecule has 106 valence electrons. The topological polar surface area (TPSA) is 81.8 Å². The largest absolute Gasteiger partial charge is 0.481 e. The van der Waals surface area contributed by atoms with Crippen LogP contribution in [0.3, 0.4) is 0 Å². The van der Waals surface area contributed by atoms with E-state index in [4.69, 9.17) is 15.2 Å². The Labute approximate surface area is 113 Å². The average molecular weight is 267 g/mol. The average Bonchev–Trinajstić information content (AvgIpc) is 2.44. The number of aliphatic carboxylic acids is 1. The predicted molar refractivity (Wildman–Crippen MR) is 72.1 cm³/mol.